The van der Waals surface area contributed by atoms with Crippen LogP contribution in [0.15, 0.2) is 123 Å². The van der Waals surface area contributed by atoms with Crippen molar-refractivity contribution in [2.24, 2.45) is 0 Å². The quantitative estimate of drug-likeness (QED) is 0.206. The van der Waals surface area contributed by atoms with Gasteiger partial charge in [0.1, 0.15) is 0 Å². The molecule has 0 saturated carbocycles. The maximum Gasteiger partial charge on any atom is 0.0963 e. The highest BCUT2D eigenvalue weighted by atomic mass is 15.0. The molecule has 0 N–H and O–H groups in total. The van der Waals surface area contributed by atoms with Gasteiger partial charge in [-0.3, -0.25) is 9.97 Å². The molecule has 4 aromatic heterocycles. The molecular formula is C36H30N4. The first kappa shape index (κ1) is 24.1. The summed E-state index contributed by atoms with van der Waals surface area (Å²) in [5.74, 6) is 0. The zero-order chi connectivity index (χ0) is 27.1. The van der Waals surface area contributed by atoms with Gasteiger partial charge < -0.3 is 9.13 Å². The van der Waals surface area contributed by atoms with Gasteiger partial charge in [0.2, 0.25) is 0 Å². The number of aromatic nitrogens is 4. The average Bonchev–Trinajstić information content (AvgIpc) is 3.46. The molecule has 0 fully saturated rings. The van der Waals surface area contributed by atoms with Gasteiger partial charge >= 0.3 is 0 Å². The lowest BCUT2D eigenvalue weighted by atomic mass is 10.1. The minimum atomic E-state index is 0.847. The monoisotopic (exact) mass is 518 g/mol. The Hall–Kier alpha value is -4.96. The summed E-state index contributed by atoms with van der Waals surface area (Å²) in [6.07, 6.45) is 20.2. The lowest BCUT2D eigenvalue weighted by Gasteiger charge is -2.15. The maximum absolute atomic E-state index is 4.77. The second-order valence-electron chi connectivity index (χ2n) is 10.3. The molecule has 0 saturated heterocycles. The van der Waals surface area contributed by atoms with E-state index in [0.717, 1.165) is 53.4 Å². The predicted molar refractivity (Wildman–Crippen MR) is 169 cm³/mol. The Morgan fingerprint density at radius 1 is 0.725 bits per heavy atom. The van der Waals surface area contributed by atoms with Crippen molar-refractivity contribution in [2.75, 3.05) is 0 Å². The Morgan fingerprint density at radius 2 is 1.32 bits per heavy atom. The highest BCUT2D eigenvalue weighted by Crippen LogP contribution is 2.35. The minimum Gasteiger partial charge on any atom is -0.311 e. The third kappa shape index (κ3) is 3.92. The molecule has 0 radical (unpaired) electrons. The molecule has 0 amide bonds. The van der Waals surface area contributed by atoms with Gasteiger partial charge in [-0.15, -0.1) is 13.2 Å². The van der Waals surface area contributed by atoms with Gasteiger partial charge in [0.15, 0.2) is 0 Å². The molecule has 1 aliphatic carbocycles. The molecule has 0 unspecified atom stereocenters. The van der Waals surface area contributed by atoms with Crippen LogP contribution in [0.25, 0.3) is 55.3 Å². The summed E-state index contributed by atoms with van der Waals surface area (Å²) in [4.78, 5) is 9.54. The Labute approximate surface area is 233 Å². The van der Waals surface area contributed by atoms with Gasteiger partial charge in [0, 0.05) is 34.6 Å². The highest BCUT2D eigenvalue weighted by Gasteiger charge is 2.17. The number of nitrogens with zero attached hydrogens (tertiary/aromatic N) is 4. The molecule has 7 rings (SSSR count). The molecular weight excluding hydrogens is 488 g/mol. The van der Waals surface area contributed by atoms with E-state index in [1.165, 1.54) is 38.6 Å². The molecule has 194 valence electrons. The summed E-state index contributed by atoms with van der Waals surface area (Å²) < 4.78 is 4.72. The fraction of sp³-hybridized carbons (Fsp3) is 0.111. The number of rotatable bonds is 6. The topological polar surface area (TPSA) is 35.6 Å². The van der Waals surface area contributed by atoms with E-state index in [-0.39, 0.29) is 0 Å². The molecule has 2 aromatic carbocycles. The van der Waals surface area contributed by atoms with E-state index < -0.39 is 0 Å². The van der Waals surface area contributed by atoms with Crippen LogP contribution in [-0.4, -0.2) is 19.1 Å². The fourth-order valence-electron chi connectivity index (χ4n) is 6.07. The van der Waals surface area contributed by atoms with Crippen LogP contribution in [0, 0.1) is 0 Å². The molecule has 1 aliphatic rings. The van der Waals surface area contributed by atoms with Crippen LogP contribution >= 0.6 is 0 Å². The molecule has 4 heteroatoms. The smallest absolute Gasteiger partial charge is 0.0963 e. The number of pyridine rings is 2. The molecule has 4 heterocycles. The minimum absolute atomic E-state index is 0.847. The van der Waals surface area contributed by atoms with Gasteiger partial charge in [0.25, 0.3) is 0 Å². The molecule has 0 atom stereocenters. The first-order valence-electron chi connectivity index (χ1n) is 13.8. The second kappa shape index (κ2) is 9.97. The second-order valence-corrected chi connectivity index (χ2v) is 10.3. The Kier molecular flexibility index (Phi) is 6.01. The van der Waals surface area contributed by atoms with Gasteiger partial charge in [-0.25, -0.2) is 0 Å². The van der Waals surface area contributed by atoms with Gasteiger partial charge in [-0.1, -0.05) is 36.4 Å². The maximum atomic E-state index is 4.77. The fourth-order valence-corrected chi connectivity index (χ4v) is 6.07. The number of benzene rings is 2. The zero-order valence-electron chi connectivity index (χ0n) is 22.4. The van der Waals surface area contributed by atoms with Crippen LogP contribution < -0.4 is 0 Å². The third-order valence-corrected chi connectivity index (χ3v) is 7.78. The number of fused-ring (bicyclic) bond motifs is 6. The van der Waals surface area contributed by atoms with Crippen molar-refractivity contribution < 1.29 is 0 Å². The van der Waals surface area contributed by atoms with Crippen LogP contribution in [0.3, 0.4) is 0 Å². The van der Waals surface area contributed by atoms with E-state index in [0.29, 0.717) is 0 Å². The van der Waals surface area contributed by atoms with Crippen LogP contribution in [0.2, 0.25) is 0 Å². The van der Waals surface area contributed by atoms with Crippen molar-refractivity contribution in [1.82, 2.24) is 19.1 Å². The summed E-state index contributed by atoms with van der Waals surface area (Å²) in [6, 6.07) is 21.7. The Balaban J connectivity index is 1.34. The van der Waals surface area contributed by atoms with Crippen LogP contribution in [-0.2, 0) is 12.8 Å². The van der Waals surface area contributed by atoms with Crippen LogP contribution in [0.1, 0.15) is 24.0 Å². The molecule has 40 heavy (non-hydrogen) atoms. The number of hydrogen-bond acceptors (Lipinski definition) is 2. The summed E-state index contributed by atoms with van der Waals surface area (Å²) in [6.45, 7) is 7.83. The Bertz CT molecular complexity index is 2040. The summed E-state index contributed by atoms with van der Waals surface area (Å²) in [7, 11) is 0. The predicted octanol–water partition coefficient (Wildman–Crippen LogP) is 8.88. The first-order chi connectivity index (χ1) is 19.8. The molecule has 4 nitrogen and oxygen atoms in total. The van der Waals surface area contributed by atoms with Crippen molar-refractivity contribution in [3.05, 3.63) is 134 Å². The van der Waals surface area contributed by atoms with Crippen LogP contribution in [0.5, 0.6) is 0 Å². The van der Waals surface area contributed by atoms with Crippen molar-refractivity contribution >= 4 is 55.3 Å². The van der Waals surface area contributed by atoms with Crippen LogP contribution in [0.4, 0.5) is 0 Å². The van der Waals surface area contributed by atoms with Gasteiger partial charge in [0.05, 0.1) is 33.1 Å². The van der Waals surface area contributed by atoms with E-state index in [1.807, 2.05) is 36.7 Å². The molecule has 0 bridgehead atoms. The lowest BCUT2D eigenvalue weighted by Crippen LogP contribution is -2.00. The average molecular weight is 519 g/mol. The van der Waals surface area contributed by atoms with Crippen molar-refractivity contribution in [3.8, 4) is 0 Å². The summed E-state index contributed by atoms with van der Waals surface area (Å²) in [5, 5.41) is 2.36. The zero-order valence-corrected chi connectivity index (χ0v) is 22.4. The van der Waals surface area contributed by atoms with E-state index in [2.05, 4.69) is 95.1 Å². The van der Waals surface area contributed by atoms with Crippen molar-refractivity contribution in [3.63, 3.8) is 0 Å². The van der Waals surface area contributed by atoms with Gasteiger partial charge in [-0.2, -0.15) is 0 Å². The van der Waals surface area contributed by atoms with Crippen molar-refractivity contribution in [1.29, 1.82) is 0 Å². The molecule has 0 aliphatic heterocycles. The highest BCUT2D eigenvalue weighted by molar-refractivity contribution is 6.09. The Morgan fingerprint density at radius 3 is 1.95 bits per heavy atom. The van der Waals surface area contributed by atoms with E-state index in [1.54, 1.807) is 0 Å². The summed E-state index contributed by atoms with van der Waals surface area (Å²) >= 11 is 0. The SMILES string of the molecule is C=CCc1ccc2c(c1)c1ncccc1n2C1=C/CC\C(n2c3ccc(CC=C)cc3c3ncccc32)=C/C=C\1. The standard InChI is InChI=1S/C36H30N4/c1-3-9-25-17-19-31-29(23-25)35-33(15-7-21-37-35)39(31)27-11-5-13-28(14-6-12-27)40-32-20-18-26(10-4-2)24-30(32)36-34(40)16-8-22-38-36/h3-5,7-8,11-13,15-24H,1-2,6,9-10,14H2/b11-5-,27-12+,28-13+. The van der Waals surface area contributed by atoms with Crippen molar-refractivity contribution in [2.45, 2.75) is 25.7 Å². The van der Waals surface area contributed by atoms with E-state index >= 15 is 0 Å². The number of allylic oxidation sites excluding steroid dienone is 8. The summed E-state index contributed by atoms with van der Waals surface area (Å²) in [5.41, 5.74) is 11.6. The van der Waals surface area contributed by atoms with E-state index in [4.69, 9.17) is 9.97 Å². The molecule has 6 aromatic rings. The van der Waals surface area contributed by atoms with E-state index in [9.17, 15) is 0 Å². The third-order valence-electron chi connectivity index (χ3n) is 7.78. The normalized spacial score (nSPS) is 17.3. The molecule has 0 spiro atoms. The number of hydrogen-bond donors (Lipinski definition) is 0. The van der Waals surface area contributed by atoms with Gasteiger partial charge in [-0.05, 0) is 97.5 Å². The lowest BCUT2D eigenvalue weighted by molar-refractivity contribution is 0.984. The first-order valence-corrected chi connectivity index (χ1v) is 13.8. The largest absolute Gasteiger partial charge is 0.311 e.